The molecule has 1 atom stereocenters. The van der Waals surface area contributed by atoms with E-state index in [0.29, 0.717) is 38.2 Å². The zero-order chi connectivity index (χ0) is 22.3. The quantitative estimate of drug-likeness (QED) is 0.524. The zero-order valence-electron chi connectivity index (χ0n) is 17.2. The van der Waals surface area contributed by atoms with Crippen LogP contribution in [-0.2, 0) is 14.6 Å². The number of amides is 2. The van der Waals surface area contributed by atoms with Crippen LogP contribution in [0, 0.1) is 0 Å². The second kappa shape index (κ2) is 10.4. The number of rotatable bonds is 8. The van der Waals surface area contributed by atoms with Crippen LogP contribution >= 0.6 is 0 Å². The van der Waals surface area contributed by atoms with Crippen molar-refractivity contribution in [3.63, 3.8) is 0 Å². The predicted octanol–water partition coefficient (Wildman–Crippen LogP) is 1.10. The maximum Gasteiger partial charge on any atom is 0.251 e. The van der Waals surface area contributed by atoms with Crippen molar-refractivity contribution in [2.24, 2.45) is 0 Å². The molecule has 0 spiro atoms. The van der Waals surface area contributed by atoms with Gasteiger partial charge in [-0.2, -0.15) is 0 Å². The maximum absolute atomic E-state index is 12.9. The summed E-state index contributed by atoms with van der Waals surface area (Å²) < 4.78 is 23.5. The number of aromatic hydroxyl groups is 1. The first-order valence-electron chi connectivity index (χ1n) is 10.2. The average molecular weight is 446 g/mol. The van der Waals surface area contributed by atoms with Gasteiger partial charge in [-0.3, -0.25) is 14.5 Å². The van der Waals surface area contributed by atoms with Gasteiger partial charge in [0.2, 0.25) is 5.91 Å². The number of nitrogens with zero attached hydrogens (tertiary/aromatic N) is 1. The summed E-state index contributed by atoms with van der Waals surface area (Å²) in [7, 11) is -3.04. The minimum absolute atomic E-state index is 0.0254. The Hall–Kier alpha value is -2.91. The average Bonchev–Trinajstić information content (AvgIpc) is 2.75. The van der Waals surface area contributed by atoms with Crippen molar-refractivity contribution in [1.29, 1.82) is 0 Å². The number of phenols is 1. The molecule has 1 fully saturated rings. The summed E-state index contributed by atoms with van der Waals surface area (Å²) in [5.41, 5.74) is 1.18. The highest BCUT2D eigenvalue weighted by atomic mass is 32.2. The number of hydrogen-bond acceptors (Lipinski definition) is 6. The molecule has 0 aliphatic carbocycles. The molecule has 3 N–H and O–H groups in total. The van der Waals surface area contributed by atoms with Gasteiger partial charge in [0, 0.05) is 31.7 Å². The minimum atomic E-state index is -3.04. The summed E-state index contributed by atoms with van der Waals surface area (Å²) in [6.07, 6.45) is 0.534. The molecule has 8 nitrogen and oxygen atoms in total. The molecule has 0 aromatic heterocycles. The van der Waals surface area contributed by atoms with E-state index < -0.39 is 15.9 Å². The number of phenolic OH excluding ortho intramolecular Hbond substituents is 1. The van der Waals surface area contributed by atoms with Crippen LogP contribution in [0.15, 0.2) is 54.6 Å². The molecule has 166 valence electrons. The zero-order valence-corrected chi connectivity index (χ0v) is 18.0. The first-order valence-corrected chi connectivity index (χ1v) is 12.0. The van der Waals surface area contributed by atoms with E-state index in [1.807, 2.05) is 35.2 Å². The van der Waals surface area contributed by atoms with Crippen LogP contribution < -0.4 is 10.6 Å². The van der Waals surface area contributed by atoms with Crippen molar-refractivity contribution < 1.29 is 23.1 Å². The fourth-order valence-corrected chi connectivity index (χ4v) is 4.73. The van der Waals surface area contributed by atoms with Crippen molar-refractivity contribution in [3.8, 4) is 5.75 Å². The molecule has 1 heterocycles. The summed E-state index contributed by atoms with van der Waals surface area (Å²) in [5.74, 6) is -0.365. The molecule has 31 heavy (non-hydrogen) atoms. The van der Waals surface area contributed by atoms with Crippen LogP contribution in [-0.4, -0.2) is 67.9 Å². The Kier molecular flexibility index (Phi) is 7.64. The van der Waals surface area contributed by atoms with E-state index in [9.17, 15) is 23.1 Å². The molecule has 1 aliphatic heterocycles. The Balaban J connectivity index is 1.52. The topological polar surface area (TPSA) is 116 Å². The Morgan fingerprint density at radius 1 is 0.968 bits per heavy atom. The Morgan fingerprint density at radius 2 is 1.65 bits per heavy atom. The van der Waals surface area contributed by atoms with E-state index >= 15 is 0 Å². The van der Waals surface area contributed by atoms with Gasteiger partial charge in [-0.05, 0) is 30.2 Å². The molecule has 2 aromatic carbocycles. The molecule has 2 amide bonds. The summed E-state index contributed by atoms with van der Waals surface area (Å²) in [5, 5.41) is 15.1. The van der Waals surface area contributed by atoms with Crippen LogP contribution in [0.4, 0.5) is 0 Å². The van der Waals surface area contributed by atoms with Gasteiger partial charge in [-0.15, -0.1) is 0 Å². The maximum atomic E-state index is 12.9. The van der Waals surface area contributed by atoms with Crippen molar-refractivity contribution in [2.75, 3.05) is 37.7 Å². The standard InChI is InChI=1S/C22H27N3O5S/c26-19-9-4-8-18(16-19)21(27)23-10-5-11-24-22(28)20(17-6-2-1-3-7-17)25-12-14-31(29,30)15-13-25/h1-4,6-9,16,20,26H,5,10-15H2,(H,23,27)(H,24,28). The number of sulfone groups is 1. The van der Waals surface area contributed by atoms with Gasteiger partial charge in [0.25, 0.3) is 5.91 Å². The minimum Gasteiger partial charge on any atom is -0.508 e. The summed E-state index contributed by atoms with van der Waals surface area (Å²) in [6.45, 7) is 1.37. The third kappa shape index (κ3) is 6.53. The highest BCUT2D eigenvalue weighted by Crippen LogP contribution is 2.23. The van der Waals surface area contributed by atoms with Gasteiger partial charge < -0.3 is 15.7 Å². The molecule has 0 bridgehead atoms. The molecular formula is C22H27N3O5S. The molecule has 1 aliphatic rings. The number of carbonyl (C=O) groups excluding carboxylic acids is 2. The van der Waals surface area contributed by atoms with Gasteiger partial charge in [-0.25, -0.2) is 8.42 Å². The normalized spacial score (nSPS) is 16.9. The van der Waals surface area contributed by atoms with E-state index in [0.717, 1.165) is 5.56 Å². The summed E-state index contributed by atoms with van der Waals surface area (Å²) >= 11 is 0. The number of hydrogen-bond donors (Lipinski definition) is 3. The molecule has 0 radical (unpaired) electrons. The highest BCUT2D eigenvalue weighted by molar-refractivity contribution is 7.91. The molecule has 3 rings (SSSR count). The lowest BCUT2D eigenvalue weighted by molar-refractivity contribution is -0.126. The molecule has 1 saturated heterocycles. The summed E-state index contributed by atoms with van der Waals surface area (Å²) in [4.78, 5) is 26.9. The lowest BCUT2D eigenvalue weighted by Crippen LogP contribution is -2.47. The number of carbonyl (C=O) groups is 2. The largest absolute Gasteiger partial charge is 0.508 e. The fraction of sp³-hybridized carbons (Fsp3) is 0.364. The van der Waals surface area contributed by atoms with Crippen molar-refractivity contribution in [2.45, 2.75) is 12.5 Å². The molecule has 0 saturated carbocycles. The second-order valence-electron chi connectivity index (χ2n) is 7.45. The van der Waals surface area contributed by atoms with Crippen LogP contribution in [0.5, 0.6) is 5.75 Å². The van der Waals surface area contributed by atoms with Crippen molar-refractivity contribution in [1.82, 2.24) is 15.5 Å². The van der Waals surface area contributed by atoms with Crippen molar-refractivity contribution >= 4 is 21.7 Å². The van der Waals surface area contributed by atoms with Crippen LogP contribution in [0.3, 0.4) is 0 Å². The first kappa shape index (κ1) is 22.8. The van der Waals surface area contributed by atoms with Crippen LogP contribution in [0.1, 0.15) is 28.4 Å². The summed E-state index contributed by atoms with van der Waals surface area (Å²) in [6, 6.07) is 14.8. The number of benzene rings is 2. The Labute approximate surface area is 182 Å². The van der Waals surface area contributed by atoms with E-state index in [2.05, 4.69) is 10.6 Å². The Bertz CT molecular complexity index is 997. The van der Waals surface area contributed by atoms with E-state index in [4.69, 9.17) is 0 Å². The van der Waals surface area contributed by atoms with E-state index in [1.165, 1.54) is 12.1 Å². The van der Waals surface area contributed by atoms with Gasteiger partial charge in [0.05, 0.1) is 11.5 Å². The number of nitrogens with one attached hydrogen (secondary N) is 2. The fourth-order valence-electron chi connectivity index (χ4n) is 3.50. The monoisotopic (exact) mass is 445 g/mol. The smallest absolute Gasteiger partial charge is 0.251 e. The third-order valence-electron chi connectivity index (χ3n) is 5.15. The third-order valence-corrected chi connectivity index (χ3v) is 6.76. The molecule has 2 aromatic rings. The lowest BCUT2D eigenvalue weighted by atomic mass is 10.0. The van der Waals surface area contributed by atoms with Crippen molar-refractivity contribution in [3.05, 3.63) is 65.7 Å². The highest BCUT2D eigenvalue weighted by Gasteiger charge is 2.32. The second-order valence-corrected chi connectivity index (χ2v) is 9.76. The van der Waals surface area contributed by atoms with Gasteiger partial charge in [0.15, 0.2) is 9.84 Å². The van der Waals surface area contributed by atoms with Crippen LogP contribution in [0.25, 0.3) is 0 Å². The van der Waals surface area contributed by atoms with Gasteiger partial charge in [0.1, 0.15) is 11.8 Å². The van der Waals surface area contributed by atoms with E-state index in [-0.39, 0.29) is 29.1 Å². The Morgan fingerprint density at radius 3 is 2.32 bits per heavy atom. The first-order chi connectivity index (χ1) is 14.9. The molecular weight excluding hydrogens is 418 g/mol. The van der Waals surface area contributed by atoms with Gasteiger partial charge >= 0.3 is 0 Å². The lowest BCUT2D eigenvalue weighted by Gasteiger charge is -2.33. The van der Waals surface area contributed by atoms with E-state index in [1.54, 1.807) is 12.1 Å². The SMILES string of the molecule is O=C(NCCCNC(=O)C(c1ccccc1)N1CCS(=O)(=O)CC1)c1cccc(O)c1. The predicted molar refractivity (Wildman–Crippen MR) is 117 cm³/mol. The molecule has 1 unspecified atom stereocenters. The van der Waals surface area contributed by atoms with Crippen LogP contribution in [0.2, 0.25) is 0 Å². The molecule has 9 heteroatoms. The van der Waals surface area contributed by atoms with Gasteiger partial charge in [-0.1, -0.05) is 36.4 Å².